The molecule has 6 heteroatoms. The van der Waals surface area contributed by atoms with Crippen molar-refractivity contribution in [3.8, 4) is 56.7 Å². The molecule has 0 fully saturated rings. The van der Waals surface area contributed by atoms with Gasteiger partial charge in [-0.15, -0.1) is 0 Å². The number of hydrogen-bond acceptors (Lipinski definition) is 4. The van der Waals surface area contributed by atoms with Crippen LogP contribution in [-0.4, -0.2) is 24.1 Å². The highest BCUT2D eigenvalue weighted by atomic mass is 16.3. The summed E-state index contributed by atoms with van der Waals surface area (Å²) >= 11 is 0. The number of aromatic nitrogens is 5. The zero-order valence-electron chi connectivity index (χ0n) is 52.3. The number of para-hydroxylation sites is 4. The minimum absolute atomic E-state index is 0.235. The van der Waals surface area contributed by atoms with Crippen molar-refractivity contribution >= 4 is 65.6 Å². The third kappa shape index (κ3) is 5.62. The molecular formula is C57H35N5O. The van der Waals surface area contributed by atoms with E-state index in [0.29, 0.717) is 11.1 Å². The molecule has 9 aromatic carbocycles. The van der Waals surface area contributed by atoms with Gasteiger partial charge >= 0.3 is 0 Å². The molecular weight excluding hydrogens is 771 g/mol. The third-order valence-electron chi connectivity index (χ3n) is 11.0. The van der Waals surface area contributed by atoms with Crippen molar-refractivity contribution < 1.29 is 31.8 Å². The molecule has 4 heterocycles. The van der Waals surface area contributed by atoms with E-state index in [9.17, 15) is 9.60 Å². The molecule has 0 aliphatic rings. The number of fused-ring (bicyclic) bond motifs is 9. The Balaban J connectivity index is 1.14. The predicted molar refractivity (Wildman–Crippen MR) is 258 cm³/mol. The summed E-state index contributed by atoms with van der Waals surface area (Å²) in [4.78, 5) is 14.6. The quantitative estimate of drug-likeness (QED) is 0.168. The van der Waals surface area contributed by atoms with Crippen LogP contribution in [0.15, 0.2) is 216 Å². The largest absolute Gasteiger partial charge is 0.456 e. The van der Waals surface area contributed by atoms with Crippen LogP contribution >= 0.6 is 0 Å². The van der Waals surface area contributed by atoms with Crippen LogP contribution < -0.4 is 0 Å². The van der Waals surface area contributed by atoms with Crippen molar-refractivity contribution in [3.05, 3.63) is 212 Å². The highest BCUT2D eigenvalue weighted by Gasteiger charge is 2.21. The van der Waals surface area contributed by atoms with Gasteiger partial charge < -0.3 is 4.42 Å². The third-order valence-corrected chi connectivity index (χ3v) is 11.0. The molecule has 0 aliphatic heterocycles. The van der Waals surface area contributed by atoms with Gasteiger partial charge in [0.05, 0.1) is 49.5 Å². The van der Waals surface area contributed by atoms with Gasteiger partial charge in [-0.3, -0.25) is 9.13 Å². The standard InChI is InChI=1S/C57H35N5O/c1-2-14-36(15-3-1)40-32-33-46-45-20-6-10-25-50(45)62(51(46)35-40)57-59-55(58-56(60-57)61-48-23-8-4-18-43(48)44-19-5-9-24-49(44)61)41-17-12-16-39(34-41)37-28-30-38(31-29-37)42-22-13-27-53-54(42)47-21-7-11-26-52(47)63-53/h1-35H/i1D,2D,3D,4D,5D,6D,8D,9D,10D,14D,15D,18D,19D,20D,23D,24D,25D,32D,33D,35D. The summed E-state index contributed by atoms with van der Waals surface area (Å²) < 4.78 is 188. The number of rotatable bonds is 6. The molecule has 0 saturated carbocycles. The first-order valence-electron chi connectivity index (χ1n) is 29.6. The molecule has 13 rings (SSSR count). The second-order valence-corrected chi connectivity index (χ2v) is 14.5. The van der Waals surface area contributed by atoms with Gasteiger partial charge in [0.25, 0.3) is 0 Å². The second-order valence-electron chi connectivity index (χ2n) is 14.5. The summed E-state index contributed by atoms with van der Waals surface area (Å²) in [7, 11) is 0. The molecule has 13 aromatic rings. The van der Waals surface area contributed by atoms with Crippen LogP contribution in [0.2, 0.25) is 0 Å². The lowest BCUT2D eigenvalue weighted by molar-refractivity contribution is 0.669. The van der Waals surface area contributed by atoms with Crippen molar-refractivity contribution in [3.63, 3.8) is 0 Å². The lowest BCUT2D eigenvalue weighted by Crippen LogP contribution is -2.10. The van der Waals surface area contributed by atoms with Crippen molar-refractivity contribution in [2.75, 3.05) is 0 Å². The zero-order chi connectivity index (χ0) is 58.8. The molecule has 0 bridgehead atoms. The molecule has 0 unspecified atom stereocenters. The van der Waals surface area contributed by atoms with Gasteiger partial charge in [-0.05, 0) is 75.7 Å². The van der Waals surface area contributed by atoms with Crippen molar-refractivity contribution in [2.45, 2.75) is 0 Å². The van der Waals surface area contributed by atoms with E-state index in [2.05, 4.69) is 0 Å². The lowest BCUT2D eigenvalue weighted by Gasteiger charge is -2.13. The minimum atomic E-state index is -0.827. The first-order chi connectivity index (χ1) is 39.5. The van der Waals surface area contributed by atoms with Crippen molar-refractivity contribution in [1.82, 2.24) is 24.1 Å². The molecule has 0 atom stereocenters. The first-order valence-corrected chi connectivity index (χ1v) is 19.6. The molecule has 0 spiro atoms. The van der Waals surface area contributed by atoms with E-state index >= 15 is 0 Å². The number of nitrogens with zero attached hydrogens (tertiary/aromatic N) is 5. The first kappa shape index (κ1) is 20.8. The van der Waals surface area contributed by atoms with Gasteiger partial charge in [0.2, 0.25) is 11.9 Å². The zero-order valence-corrected chi connectivity index (χ0v) is 32.3. The molecule has 0 amide bonds. The molecule has 0 radical (unpaired) electrons. The van der Waals surface area contributed by atoms with E-state index in [1.54, 1.807) is 18.2 Å². The van der Waals surface area contributed by atoms with E-state index in [4.69, 9.17) is 37.2 Å². The highest BCUT2D eigenvalue weighted by molar-refractivity contribution is 6.13. The van der Waals surface area contributed by atoms with Gasteiger partial charge in [-0.2, -0.15) is 15.0 Å². The SMILES string of the molecule is [2H]c1c([2H])c([2H])c(-c2c([2H])c([2H])c3c4c([2H])c([2H])c([2H])c([2H])c4n(-c4nc(-c5cccc(-c6ccc(-c7cccc8oc9ccccc9c78)cc6)c5)nc(-n5c6c([2H])c([2H])c([2H])c([2H])c6c6c([2H])c([2H])c([2H])c([2H])c65)n4)c3c2[2H])c([2H])c1[2H]. The Morgan fingerprint density at radius 1 is 0.381 bits per heavy atom. The summed E-state index contributed by atoms with van der Waals surface area (Å²) in [5.41, 5.74) is 1.84. The molecule has 63 heavy (non-hydrogen) atoms. The fourth-order valence-electron chi connectivity index (χ4n) is 8.21. The average Bonchev–Trinajstić information content (AvgIpc) is 2.48. The summed E-state index contributed by atoms with van der Waals surface area (Å²) in [5, 5.41) is 0.432. The summed E-state index contributed by atoms with van der Waals surface area (Å²) in [6.07, 6.45) is 0. The second kappa shape index (κ2) is 14.0. The fraction of sp³-hybridized carbons (Fsp3) is 0. The molecule has 0 saturated heterocycles. The molecule has 0 aliphatic carbocycles. The Bertz CT molecular complexity index is 5010. The predicted octanol–water partition coefficient (Wildman–Crippen LogP) is 14.6. The molecule has 6 nitrogen and oxygen atoms in total. The van der Waals surface area contributed by atoms with Crippen LogP contribution in [0, 0.1) is 0 Å². The Morgan fingerprint density at radius 3 is 1.67 bits per heavy atom. The van der Waals surface area contributed by atoms with E-state index < -0.39 is 177 Å². The number of furan rings is 1. The monoisotopic (exact) mass is 825 g/mol. The van der Waals surface area contributed by atoms with E-state index in [1.165, 1.54) is 0 Å². The Labute approximate surface area is 389 Å². The van der Waals surface area contributed by atoms with Crippen LogP contribution in [0.3, 0.4) is 0 Å². The van der Waals surface area contributed by atoms with Gasteiger partial charge in [0.1, 0.15) is 11.2 Å². The Kier molecular flexibility index (Phi) is 4.61. The van der Waals surface area contributed by atoms with Crippen LogP contribution in [0.1, 0.15) is 27.4 Å². The normalized spacial score (nSPS) is 16.3. The molecule has 294 valence electrons. The van der Waals surface area contributed by atoms with Gasteiger partial charge in [0.15, 0.2) is 5.82 Å². The number of hydrogen-bond donors (Lipinski definition) is 0. The fourth-order valence-corrected chi connectivity index (χ4v) is 8.21. The van der Waals surface area contributed by atoms with E-state index in [1.807, 2.05) is 72.8 Å². The highest BCUT2D eigenvalue weighted by Crippen LogP contribution is 2.39. The molecule has 4 aromatic heterocycles. The molecule has 0 N–H and O–H groups in total. The topological polar surface area (TPSA) is 61.7 Å². The van der Waals surface area contributed by atoms with Crippen LogP contribution in [0.25, 0.3) is 122 Å². The van der Waals surface area contributed by atoms with Gasteiger partial charge in [-0.1, -0.05) is 169 Å². The van der Waals surface area contributed by atoms with Crippen LogP contribution in [0.4, 0.5) is 0 Å². The summed E-state index contributed by atoms with van der Waals surface area (Å²) in [6.45, 7) is 0. The maximum absolute atomic E-state index is 9.93. The van der Waals surface area contributed by atoms with Crippen molar-refractivity contribution in [2.24, 2.45) is 0 Å². The smallest absolute Gasteiger partial charge is 0.240 e. The maximum atomic E-state index is 9.93. The minimum Gasteiger partial charge on any atom is -0.456 e. The van der Waals surface area contributed by atoms with E-state index in [0.717, 1.165) is 42.2 Å². The lowest BCUT2D eigenvalue weighted by atomic mass is 9.96. The Morgan fingerprint density at radius 2 is 0.952 bits per heavy atom. The summed E-state index contributed by atoms with van der Waals surface area (Å²) in [6, 6.07) is 12.9. The van der Waals surface area contributed by atoms with E-state index in [-0.39, 0.29) is 22.2 Å². The Hall–Kier alpha value is -8.61. The average molecular weight is 826 g/mol. The van der Waals surface area contributed by atoms with Gasteiger partial charge in [-0.25, -0.2) is 0 Å². The summed E-state index contributed by atoms with van der Waals surface area (Å²) in [5.74, 6) is -1.40. The van der Waals surface area contributed by atoms with Crippen molar-refractivity contribution in [1.29, 1.82) is 0 Å². The van der Waals surface area contributed by atoms with Gasteiger partial charge in [0, 0.05) is 37.9 Å². The van der Waals surface area contributed by atoms with Crippen LogP contribution in [-0.2, 0) is 0 Å². The number of benzene rings is 9. The maximum Gasteiger partial charge on any atom is 0.240 e. The van der Waals surface area contributed by atoms with Crippen LogP contribution in [0.5, 0.6) is 0 Å².